The summed E-state index contributed by atoms with van der Waals surface area (Å²) in [5.41, 5.74) is 11.4. The van der Waals surface area contributed by atoms with E-state index in [4.69, 9.17) is 20.9 Å². The molecule has 0 radical (unpaired) electrons. The Balaban J connectivity index is 1.08. The van der Waals surface area contributed by atoms with E-state index < -0.39 is 29.0 Å². The van der Waals surface area contributed by atoms with E-state index in [1.54, 1.807) is 7.05 Å². The van der Waals surface area contributed by atoms with E-state index in [1.165, 1.54) is 37.7 Å². The molecule has 7 rings (SSSR count). The Kier molecular flexibility index (Phi) is 11.9. The molecule has 0 aromatic carbocycles. The molecule has 2 saturated heterocycles. The molecule has 0 spiro atoms. The minimum Gasteiger partial charge on any atom is -0.463 e. The summed E-state index contributed by atoms with van der Waals surface area (Å²) in [7, 11) is 1.66. The number of piperidine rings is 1. The second kappa shape index (κ2) is 16.5. The van der Waals surface area contributed by atoms with Crippen molar-refractivity contribution in [2.75, 3.05) is 26.7 Å². The number of nitrogens with one attached hydrogen (secondary N) is 3. The number of nitrogens with two attached hydrogens (primary N) is 2. The number of nitrogens with zero attached hydrogens (tertiary/aromatic N) is 1. The zero-order valence-corrected chi connectivity index (χ0v) is 32.1. The van der Waals surface area contributed by atoms with E-state index >= 15 is 0 Å². The molecule has 3 saturated carbocycles. The van der Waals surface area contributed by atoms with Crippen molar-refractivity contribution in [3.8, 4) is 0 Å². The standard InChI is InChI=1S/C42H64N6O5/c1-26(20-35(48-40(44)45-2)30-17-19-46-36(43)23-30)16-18-41-37(49)32-14-8-9-15-33(32)38(50)42(41,53-41)39(51)52-25-31-21-28-12-6-7-13-29(28)22-34(31)47-24-27-10-4-3-5-11-27/h7,13,16,22,27-28,30-36,46-47H,3-6,8-12,14-15,17-21,23-25,43H2,1-2H3,(H3,44,45,48)/t28-,30?,31-,32?,33?,34-,35+,36?,41+,42+/m1/s1. The third-order valence-corrected chi connectivity index (χ3v) is 14.0. The SMILES string of the molecule is CN=C(N)N[C@@H](CC(C)=CC[C@@]12O[C@]1(C(=O)OC[C@H]1C[C@H]3CCC=CC3=C[C@H]1NCC1CCCCC1)C(=O)C1CCCCC1C2=O)C1CCNC(N)C1. The number of esters is 1. The fourth-order valence-electron chi connectivity index (χ4n) is 10.8. The van der Waals surface area contributed by atoms with Gasteiger partial charge in [0, 0.05) is 43.3 Å². The Bertz CT molecular complexity index is 1500. The number of aliphatic imine (C=N–C) groups is 1. The Labute approximate surface area is 316 Å². The van der Waals surface area contributed by atoms with Crippen molar-refractivity contribution in [2.24, 2.45) is 52.0 Å². The molecule has 11 nitrogen and oxygen atoms in total. The number of allylic oxidation sites excluding steroid dienone is 3. The molecule has 5 aliphatic carbocycles. The maximum absolute atomic E-state index is 14.4. The lowest BCUT2D eigenvalue weighted by Gasteiger charge is -2.38. The number of hydrogen-bond donors (Lipinski definition) is 5. The first-order valence-corrected chi connectivity index (χ1v) is 20.9. The van der Waals surface area contributed by atoms with E-state index in [1.807, 2.05) is 13.0 Å². The minimum absolute atomic E-state index is 0.00811. The molecule has 5 fully saturated rings. The highest BCUT2D eigenvalue weighted by Gasteiger charge is 2.86. The van der Waals surface area contributed by atoms with Gasteiger partial charge in [-0.05, 0) is 108 Å². The van der Waals surface area contributed by atoms with Crippen molar-refractivity contribution in [3.05, 3.63) is 35.5 Å². The van der Waals surface area contributed by atoms with Gasteiger partial charge in [-0.25, -0.2) is 4.79 Å². The van der Waals surface area contributed by atoms with Crippen LogP contribution in [0.5, 0.6) is 0 Å². The number of epoxide rings is 1. The first kappa shape index (κ1) is 38.4. The van der Waals surface area contributed by atoms with Crippen LogP contribution in [-0.4, -0.2) is 79.7 Å². The smallest absolute Gasteiger partial charge is 0.350 e. The molecule has 53 heavy (non-hydrogen) atoms. The van der Waals surface area contributed by atoms with Crippen molar-refractivity contribution >= 4 is 23.5 Å². The summed E-state index contributed by atoms with van der Waals surface area (Å²) >= 11 is 0. The maximum Gasteiger partial charge on any atom is 0.350 e. The summed E-state index contributed by atoms with van der Waals surface area (Å²) in [5, 5.41) is 10.6. The fraction of sp³-hybridized carbons (Fsp3) is 0.762. The molecular formula is C42H64N6O5. The first-order valence-electron chi connectivity index (χ1n) is 20.9. The highest BCUT2D eigenvalue weighted by Crippen LogP contribution is 2.61. The van der Waals surface area contributed by atoms with Crippen LogP contribution < -0.4 is 27.4 Å². The third-order valence-electron chi connectivity index (χ3n) is 14.0. The largest absolute Gasteiger partial charge is 0.463 e. The van der Waals surface area contributed by atoms with Gasteiger partial charge in [-0.1, -0.05) is 62.0 Å². The maximum atomic E-state index is 14.4. The summed E-state index contributed by atoms with van der Waals surface area (Å²) in [4.78, 5) is 47.4. The van der Waals surface area contributed by atoms with Crippen LogP contribution in [-0.2, 0) is 23.9 Å². The van der Waals surface area contributed by atoms with E-state index in [0.717, 1.165) is 63.6 Å². The lowest BCUT2D eigenvalue weighted by Crippen LogP contribution is -2.58. The van der Waals surface area contributed by atoms with Crippen LogP contribution in [0.25, 0.3) is 0 Å². The van der Waals surface area contributed by atoms with Gasteiger partial charge in [-0.3, -0.25) is 14.6 Å². The van der Waals surface area contributed by atoms with Crippen molar-refractivity contribution in [1.82, 2.24) is 16.0 Å². The second-order valence-electron chi connectivity index (χ2n) is 17.4. The first-order chi connectivity index (χ1) is 25.6. The number of ketones is 2. The van der Waals surface area contributed by atoms with E-state index in [0.29, 0.717) is 37.1 Å². The van der Waals surface area contributed by atoms with Gasteiger partial charge >= 0.3 is 5.97 Å². The van der Waals surface area contributed by atoms with Crippen LogP contribution in [0.3, 0.4) is 0 Å². The van der Waals surface area contributed by atoms with Crippen LogP contribution in [0, 0.1) is 35.5 Å². The molecule has 2 heterocycles. The number of rotatable bonds is 12. The summed E-state index contributed by atoms with van der Waals surface area (Å²) in [6.45, 7) is 4.01. The zero-order chi connectivity index (χ0) is 37.2. The summed E-state index contributed by atoms with van der Waals surface area (Å²) in [5.74, 6) is -0.0769. The monoisotopic (exact) mass is 732 g/mol. The molecule has 292 valence electrons. The molecule has 10 atom stereocenters. The molecule has 7 aliphatic rings. The molecule has 4 unspecified atom stereocenters. The Morgan fingerprint density at radius 2 is 1.83 bits per heavy atom. The van der Waals surface area contributed by atoms with Gasteiger partial charge < -0.3 is 36.9 Å². The van der Waals surface area contributed by atoms with E-state index in [9.17, 15) is 14.4 Å². The number of Topliss-reactive ketones (excluding diaryl/α,β-unsaturated/α-hetero) is 2. The van der Waals surface area contributed by atoms with E-state index in [-0.39, 0.29) is 54.7 Å². The average molecular weight is 733 g/mol. The molecule has 0 amide bonds. The lowest BCUT2D eigenvalue weighted by molar-refractivity contribution is -0.160. The predicted molar refractivity (Wildman–Crippen MR) is 206 cm³/mol. The van der Waals surface area contributed by atoms with Crippen LogP contribution in [0.4, 0.5) is 0 Å². The molecule has 0 aromatic heterocycles. The van der Waals surface area contributed by atoms with Gasteiger partial charge in [0.2, 0.25) is 0 Å². The highest BCUT2D eigenvalue weighted by atomic mass is 16.7. The molecule has 7 N–H and O–H groups in total. The normalized spacial score (nSPS) is 38.2. The number of carbonyl (C=O) groups is 3. The molecule has 0 aromatic rings. The van der Waals surface area contributed by atoms with E-state index in [2.05, 4.69) is 39.2 Å². The topological polar surface area (TPSA) is 173 Å². The van der Waals surface area contributed by atoms with Gasteiger partial charge in [0.25, 0.3) is 5.60 Å². The summed E-state index contributed by atoms with van der Waals surface area (Å²) in [6.07, 6.45) is 23.9. The average Bonchev–Trinajstić information content (AvgIpc) is 3.89. The molecular weight excluding hydrogens is 668 g/mol. The van der Waals surface area contributed by atoms with Gasteiger partial charge in [0.05, 0.1) is 12.8 Å². The van der Waals surface area contributed by atoms with Crippen LogP contribution in [0.15, 0.2) is 40.4 Å². The van der Waals surface area contributed by atoms with Crippen molar-refractivity contribution in [3.63, 3.8) is 0 Å². The van der Waals surface area contributed by atoms with Crippen molar-refractivity contribution < 1.29 is 23.9 Å². The van der Waals surface area contributed by atoms with Gasteiger partial charge in [-0.2, -0.15) is 0 Å². The second-order valence-corrected chi connectivity index (χ2v) is 17.4. The summed E-state index contributed by atoms with van der Waals surface area (Å²) < 4.78 is 12.6. The number of hydrogen-bond acceptors (Lipinski definition) is 9. The van der Waals surface area contributed by atoms with Crippen molar-refractivity contribution in [1.29, 1.82) is 0 Å². The summed E-state index contributed by atoms with van der Waals surface area (Å²) in [6, 6.07) is 0.0761. The Hall–Kier alpha value is -2.86. The lowest BCUT2D eigenvalue weighted by atomic mass is 9.61. The Morgan fingerprint density at radius 1 is 1.08 bits per heavy atom. The Morgan fingerprint density at radius 3 is 2.58 bits per heavy atom. The number of fused-ring (bicyclic) bond motifs is 3. The number of ether oxygens (including phenoxy) is 2. The van der Waals surface area contributed by atoms with Crippen LogP contribution in [0.1, 0.15) is 110 Å². The van der Waals surface area contributed by atoms with Gasteiger partial charge in [0.1, 0.15) is 0 Å². The molecule has 11 heteroatoms. The van der Waals surface area contributed by atoms with Gasteiger partial charge in [-0.15, -0.1) is 0 Å². The quantitative estimate of drug-likeness (QED) is 0.0485. The van der Waals surface area contributed by atoms with Crippen molar-refractivity contribution in [2.45, 2.75) is 139 Å². The number of guanidine groups is 1. The highest BCUT2D eigenvalue weighted by molar-refractivity contribution is 6.23. The fourth-order valence-corrected chi connectivity index (χ4v) is 10.8. The zero-order valence-electron chi connectivity index (χ0n) is 32.1. The minimum atomic E-state index is -1.87. The predicted octanol–water partition coefficient (Wildman–Crippen LogP) is 4.36. The molecule has 2 aliphatic heterocycles. The third kappa shape index (κ3) is 7.82. The van der Waals surface area contributed by atoms with Gasteiger partial charge in [0.15, 0.2) is 23.1 Å². The van der Waals surface area contributed by atoms with Crippen LogP contribution in [0.2, 0.25) is 0 Å². The molecule has 0 bridgehead atoms. The number of carbonyl (C=O) groups excluding carboxylic acids is 3. The van der Waals surface area contributed by atoms with Crippen LogP contribution >= 0.6 is 0 Å².